The Hall–Kier alpha value is -2.77. The molecule has 2 aromatic rings. The van der Waals surface area contributed by atoms with Gasteiger partial charge in [-0.25, -0.2) is 17.5 Å². The number of halogens is 1. The Labute approximate surface area is 158 Å². The van der Waals surface area contributed by atoms with Crippen LogP contribution in [0.4, 0.5) is 4.39 Å². The third-order valence-electron chi connectivity index (χ3n) is 3.49. The maximum Gasteiger partial charge on any atom is 0.243 e. The molecule has 0 atom stereocenters. The average Bonchev–Trinajstić information content (AvgIpc) is 2.66. The van der Waals surface area contributed by atoms with Crippen molar-refractivity contribution in [3.05, 3.63) is 83.0 Å². The van der Waals surface area contributed by atoms with Gasteiger partial charge in [0.1, 0.15) is 5.82 Å². The minimum atomic E-state index is -3.52. The van der Waals surface area contributed by atoms with Crippen molar-refractivity contribution in [3.63, 3.8) is 0 Å². The number of sulfonamides is 1. The Balaban J connectivity index is 1.66. The van der Waals surface area contributed by atoms with Gasteiger partial charge in [0.05, 0.1) is 0 Å². The first kappa shape index (κ1) is 20.5. The van der Waals surface area contributed by atoms with Gasteiger partial charge in [-0.1, -0.05) is 42.5 Å². The van der Waals surface area contributed by atoms with Crippen LogP contribution in [0.1, 0.15) is 17.5 Å². The molecule has 142 valence electrons. The fourth-order valence-electron chi connectivity index (χ4n) is 2.10. The van der Waals surface area contributed by atoms with Crippen molar-refractivity contribution < 1.29 is 17.6 Å². The standard InChI is InChI=1S/C20H21FN2O3S/c21-19-10-7-18(8-11-19)9-12-20(24)22-14-4-15-23-27(25,26)16-13-17-5-2-1-3-6-17/h1-3,5-13,16,23H,4,14-15H2,(H,22,24)/b12-9+,16-13+. The summed E-state index contributed by atoms with van der Waals surface area (Å²) in [5.74, 6) is -0.635. The molecule has 0 spiro atoms. The molecule has 2 rings (SSSR count). The number of benzene rings is 2. The van der Waals surface area contributed by atoms with Crippen LogP contribution in [-0.4, -0.2) is 27.4 Å². The summed E-state index contributed by atoms with van der Waals surface area (Å²) in [6, 6.07) is 14.9. The monoisotopic (exact) mass is 388 g/mol. The SMILES string of the molecule is O=C(/C=C/c1ccc(F)cc1)NCCCNS(=O)(=O)/C=C/c1ccccc1. The van der Waals surface area contributed by atoms with E-state index in [0.29, 0.717) is 18.5 Å². The second-order valence-electron chi connectivity index (χ2n) is 5.68. The zero-order valence-electron chi connectivity index (χ0n) is 14.6. The van der Waals surface area contributed by atoms with E-state index in [1.54, 1.807) is 30.3 Å². The van der Waals surface area contributed by atoms with Crippen molar-refractivity contribution in [2.24, 2.45) is 0 Å². The lowest BCUT2D eigenvalue weighted by atomic mass is 10.2. The number of rotatable bonds is 9. The summed E-state index contributed by atoms with van der Waals surface area (Å²) in [5.41, 5.74) is 1.51. The Bertz CT molecular complexity index is 893. The lowest BCUT2D eigenvalue weighted by molar-refractivity contribution is -0.116. The molecule has 27 heavy (non-hydrogen) atoms. The predicted molar refractivity (Wildman–Crippen MR) is 105 cm³/mol. The van der Waals surface area contributed by atoms with Crippen molar-refractivity contribution in [3.8, 4) is 0 Å². The van der Waals surface area contributed by atoms with E-state index >= 15 is 0 Å². The first-order valence-corrected chi connectivity index (χ1v) is 9.93. The normalized spacial score (nSPS) is 11.9. The Morgan fingerprint density at radius 2 is 1.59 bits per heavy atom. The molecule has 1 amide bonds. The summed E-state index contributed by atoms with van der Waals surface area (Å²) in [7, 11) is -3.52. The summed E-state index contributed by atoms with van der Waals surface area (Å²) in [5, 5.41) is 3.77. The maximum atomic E-state index is 12.8. The van der Waals surface area contributed by atoms with Gasteiger partial charge in [0.2, 0.25) is 15.9 Å². The van der Waals surface area contributed by atoms with Crippen molar-refractivity contribution in [1.82, 2.24) is 10.0 Å². The van der Waals surface area contributed by atoms with E-state index < -0.39 is 10.0 Å². The lowest BCUT2D eigenvalue weighted by Crippen LogP contribution is -2.28. The van der Waals surface area contributed by atoms with Crippen molar-refractivity contribution in [2.75, 3.05) is 13.1 Å². The lowest BCUT2D eigenvalue weighted by Gasteiger charge is -2.04. The molecule has 0 unspecified atom stereocenters. The maximum absolute atomic E-state index is 12.8. The molecule has 7 heteroatoms. The molecule has 0 radical (unpaired) electrons. The second-order valence-corrected chi connectivity index (χ2v) is 7.33. The molecule has 2 N–H and O–H groups in total. The van der Waals surface area contributed by atoms with Gasteiger partial charge >= 0.3 is 0 Å². The molecule has 0 heterocycles. The summed E-state index contributed by atoms with van der Waals surface area (Å²) in [6.07, 6.45) is 4.89. The second kappa shape index (κ2) is 10.4. The van der Waals surface area contributed by atoms with Crippen molar-refractivity contribution in [1.29, 1.82) is 0 Å². The number of hydrogen-bond acceptors (Lipinski definition) is 3. The zero-order chi connectivity index (χ0) is 19.5. The van der Waals surface area contributed by atoms with Crippen molar-refractivity contribution >= 4 is 28.1 Å². The third kappa shape index (κ3) is 8.44. The van der Waals surface area contributed by atoms with E-state index in [9.17, 15) is 17.6 Å². The van der Waals surface area contributed by atoms with Gasteiger partial charge in [0.25, 0.3) is 0 Å². The highest BCUT2D eigenvalue weighted by atomic mass is 32.2. The molecule has 0 aromatic heterocycles. The minimum absolute atomic E-state index is 0.212. The first-order chi connectivity index (χ1) is 12.9. The quantitative estimate of drug-likeness (QED) is 0.512. The van der Waals surface area contributed by atoms with Gasteiger partial charge in [0.15, 0.2) is 0 Å². The number of carbonyl (C=O) groups excluding carboxylic acids is 1. The van der Waals surface area contributed by atoms with Gasteiger partial charge in [0, 0.05) is 24.6 Å². The van der Waals surface area contributed by atoms with Crippen LogP contribution < -0.4 is 10.0 Å². The average molecular weight is 388 g/mol. The molecule has 0 aliphatic rings. The predicted octanol–water partition coefficient (Wildman–Crippen LogP) is 2.94. The van der Waals surface area contributed by atoms with E-state index in [-0.39, 0.29) is 18.3 Å². The minimum Gasteiger partial charge on any atom is -0.353 e. The Morgan fingerprint density at radius 1 is 0.926 bits per heavy atom. The van der Waals surface area contributed by atoms with E-state index in [1.165, 1.54) is 24.3 Å². The summed E-state index contributed by atoms with van der Waals surface area (Å²) < 4.78 is 39.0. The summed E-state index contributed by atoms with van der Waals surface area (Å²) in [6.45, 7) is 0.543. The molecule has 0 aliphatic carbocycles. The number of carbonyl (C=O) groups is 1. The van der Waals surface area contributed by atoms with Crippen LogP contribution in [0, 0.1) is 5.82 Å². The summed E-state index contributed by atoms with van der Waals surface area (Å²) >= 11 is 0. The van der Waals surface area contributed by atoms with Crippen LogP contribution in [0.3, 0.4) is 0 Å². The highest BCUT2D eigenvalue weighted by Gasteiger charge is 2.04. The highest BCUT2D eigenvalue weighted by Crippen LogP contribution is 2.04. The first-order valence-electron chi connectivity index (χ1n) is 8.39. The van der Waals surface area contributed by atoms with E-state index in [0.717, 1.165) is 11.0 Å². The van der Waals surface area contributed by atoms with Gasteiger partial charge < -0.3 is 5.32 Å². The number of hydrogen-bond donors (Lipinski definition) is 2. The Kier molecular flexibility index (Phi) is 7.91. The molecule has 0 aliphatic heterocycles. The van der Waals surface area contributed by atoms with Gasteiger partial charge in [-0.05, 0) is 41.8 Å². The smallest absolute Gasteiger partial charge is 0.243 e. The molecule has 0 bridgehead atoms. The van der Waals surface area contributed by atoms with E-state index in [4.69, 9.17) is 0 Å². The fourth-order valence-corrected chi connectivity index (χ4v) is 2.96. The number of nitrogens with one attached hydrogen (secondary N) is 2. The van der Waals surface area contributed by atoms with Crippen LogP contribution in [-0.2, 0) is 14.8 Å². The van der Waals surface area contributed by atoms with Crippen molar-refractivity contribution in [2.45, 2.75) is 6.42 Å². The molecular formula is C20H21FN2O3S. The molecule has 2 aromatic carbocycles. The Morgan fingerprint density at radius 3 is 2.30 bits per heavy atom. The fraction of sp³-hybridized carbons (Fsp3) is 0.150. The summed E-state index contributed by atoms with van der Waals surface area (Å²) in [4.78, 5) is 11.7. The molecule has 0 saturated heterocycles. The largest absolute Gasteiger partial charge is 0.353 e. The number of amides is 1. The van der Waals surface area contributed by atoms with E-state index in [1.807, 2.05) is 18.2 Å². The van der Waals surface area contributed by atoms with Gasteiger partial charge in [-0.15, -0.1) is 0 Å². The highest BCUT2D eigenvalue weighted by molar-refractivity contribution is 7.92. The van der Waals surface area contributed by atoms with Crippen LogP contribution in [0.5, 0.6) is 0 Å². The van der Waals surface area contributed by atoms with Crippen LogP contribution >= 0.6 is 0 Å². The molecule has 0 fully saturated rings. The van der Waals surface area contributed by atoms with Crippen LogP contribution in [0.25, 0.3) is 12.2 Å². The topological polar surface area (TPSA) is 75.3 Å². The van der Waals surface area contributed by atoms with Crippen LogP contribution in [0.2, 0.25) is 0 Å². The molecular weight excluding hydrogens is 367 g/mol. The third-order valence-corrected chi connectivity index (χ3v) is 4.59. The molecule has 0 saturated carbocycles. The van der Waals surface area contributed by atoms with Gasteiger partial charge in [-0.2, -0.15) is 0 Å². The van der Waals surface area contributed by atoms with E-state index in [2.05, 4.69) is 10.0 Å². The molecule has 5 nitrogen and oxygen atoms in total. The zero-order valence-corrected chi connectivity index (χ0v) is 15.5. The van der Waals surface area contributed by atoms with Crippen LogP contribution in [0.15, 0.2) is 66.1 Å². The van der Waals surface area contributed by atoms with Gasteiger partial charge in [-0.3, -0.25) is 4.79 Å².